The summed E-state index contributed by atoms with van der Waals surface area (Å²) in [5.74, 6) is 0.830. The molecule has 0 bridgehead atoms. The highest BCUT2D eigenvalue weighted by molar-refractivity contribution is 6.35. The van der Waals surface area contributed by atoms with Gasteiger partial charge in [-0.25, -0.2) is 0 Å². The number of allylic oxidation sites excluding steroid dienone is 3. The molecule has 0 amide bonds. The Labute approximate surface area is 114 Å². The Hall–Kier alpha value is -1.52. The fourth-order valence-corrected chi connectivity index (χ4v) is 1.94. The number of nitro benzene ring substituents is 1. The number of rotatable bonds is 3. The van der Waals surface area contributed by atoms with E-state index in [4.69, 9.17) is 27.9 Å². The smallest absolute Gasteiger partial charge is 0.269 e. The third-order valence-corrected chi connectivity index (χ3v) is 2.92. The Bertz CT molecular complexity index is 535. The predicted molar refractivity (Wildman–Crippen MR) is 69.5 cm³/mol. The van der Waals surface area contributed by atoms with Crippen LogP contribution in [-0.4, -0.2) is 4.92 Å². The summed E-state index contributed by atoms with van der Waals surface area (Å²) in [6.07, 6.45) is 4.08. The van der Waals surface area contributed by atoms with Gasteiger partial charge in [-0.05, 0) is 25.0 Å². The Morgan fingerprint density at radius 1 is 1.22 bits per heavy atom. The fraction of sp³-hybridized carbons (Fsp3) is 0.0833. The van der Waals surface area contributed by atoms with Gasteiger partial charge in [0.05, 0.1) is 15.0 Å². The highest BCUT2D eigenvalue weighted by Gasteiger charge is 2.16. The molecule has 1 aromatic rings. The van der Waals surface area contributed by atoms with E-state index < -0.39 is 4.92 Å². The molecule has 0 heterocycles. The zero-order chi connectivity index (χ0) is 13.1. The van der Waals surface area contributed by atoms with E-state index in [2.05, 4.69) is 0 Å². The molecular formula is C12H8Cl2NO3. The molecule has 0 saturated heterocycles. The van der Waals surface area contributed by atoms with Crippen molar-refractivity contribution >= 4 is 28.9 Å². The maximum absolute atomic E-state index is 10.5. The Kier molecular flexibility index (Phi) is 3.89. The molecule has 6 heteroatoms. The van der Waals surface area contributed by atoms with Crippen LogP contribution in [0.5, 0.6) is 5.75 Å². The Balaban J connectivity index is 2.19. The predicted octanol–water partition coefficient (Wildman–Crippen LogP) is 4.15. The van der Waals surface area contributed by atoms with Gasteiger partial charge in [0.2, 0.25) is 0 Å². The van der Waals surface area contributed by atoms with E-state index in [0.717, 1.165) is 0 Å². The molecule has 0 unspecified atom stereocenters. The van der Waals surface area contributed by atoms with Crippen LogP contribution in [0, 0.1) is 16.5 Å². The van der Waals surface area contributed by atoms with Gasteiger partial charge in [0.15, 0.2) is 5.76 Å². The zero-order valence-electron chi connectivity index (χ0n) is 9.10. The van der Waals surface area contributed by atoms with E-state index in [0.29, 0.717) is 28.0 Å². The van der Waals surface area contributed by atoms with Gasteiger partial charge in [0.25, 0.3) is 5.69 Å². The van der Waals surface area contributed by atoms with Gasteiger partial charge in [0.1, 0.15) is 5.75 Å². The summed E-state index contributed by atoms with van der Waals surface area (Å²) in [5.41, 5.74) is 0.000966. The van der Waals surface area contributed by atoms with Crippen LogP contribution in [0.25, 0.3) is 0 Å². The lowest BCUT2D eigenvalue weighted by Gasteiger charge is -2.15. The van der Waals surface area contributed by atoms with Crippen molar-refractivity contribution in [3.8, 4) is 5.75 Å². The van der Waals surface area contributed by atoms with Crippen LogP contribution in [0.3, 0.4) is 0 Å². The summed E-state index contributed by atoms with van der Waals surface area (Å²) in [4.78, 5) is 10.0. The SMILES string of the molecule is O=[N+]([O-])c1ccc(OC2=C(Cl)C[CH]C=C2Cl)cc1. The number of hydrogen-bond donors (Lipinski definition) is 0. The second-order valence-corrected chi connectivity index (χ2v) is 4.40. The van der Waals surface area contributed by atoms with Crippen LogP contribution in [-0.2, 0) is 0 Å². The lowest BCUT2D eigenvalue weighted by atomic mass is 10.1. The minimum Gasteiger partial charge on any atom is -0.455 e. The summed E-state index contributed by atoms with van der Waals surface area (Å²) in [5, 5.41) is 11.4. The number of halogens is 2. The van der Waals surface area contributed by atoms with Gasteiger partial charge in [-0.3, -0.25) is 10.1 Å². The topological polar surface area (TPSA) is 52.4 Å². The average molecular weight is 285 g/mol. The molecule has 0 saturated carbocycles. The van der Waals surface area contributed by atoms with Crippen molar-refractivity contribution in [2.75, 3.05) is 0 Å². The van der Waals surface area contributed by atoms with Gasteiger partial charge in [-0.2, -0.15) is 0 Å². The van der Waals surface area contributed by atoms with Crippen molar-refractivity contribution in [3.05, 3.63) is 62.7 Å². The van der Waals surface area contributed by atoms with E-state index in [1.807, 2.05) is 6.42 Å². The molecule has 18 heavy (non-hydrogen) atoms. The van der Waals surface area contributed by atoms with Crippen LogP contribution in [0.1, 0.15) is 6.42 Å². The largest absolute Gasteiger partial charge is 0.455 e. The van der Waals surface area contributed by atoms with Gasteiger partial charge < -0.3 is 4.74 Å². The molecular weight excluding hydrogens is 277 g/mol. The van der Waals surface area contributed by atoms with Crippen LogP contribution in [0.4, 0.5) is 5.69 Å². The van der Waals surface area contributed by atoms with E-state index >= 15 is 0 Å². The molecule has 4 nitrogen and oxygen atoms in total. The Morgan fingerprint density at radius 3 is 2.44 bits per heavy atom. The first kappa shape index (κ1) is 12.9. The second-order valence-electron chi connectivity index (χ2n) is 3.54. The lowest BCUT2D eigenvalue weighted by molar-refractivity contribution is -0.384. The minimum absolute atomic E-state index is 0.000966. The molecule has 1 aliphatic carbocycles. The number of nitrogens with zero attached hydrogens (tertiary/aromatic N) is 1. The van der Waals surface area contributed by atoms with Gasteiger partial charge in [0, 0.05) is 12.1 Å². The minimum atomic E-state index is -0.474. The van der Waals surface area contributed by atoms with Crippen LogP contribution in [0.2, 0.25) is 0 Å². The van der Waals surface area contributed by atoms with Crippen molar-refractivity contribution in [3.63, 3.8) is 0 Å². The first-order valence-electron chi connectivity index (χ1n) is 5.08. The third kappa shape index (κ3) is 2.83. The van der Waals surface area contributed by atoms with E-state index in [1.165, 1.54) is 24.3 Å². The van der Waals surface area contributed by atoms with Crippen molar-refractivity contribution in [1.29, 1.82) is 0 Å². The second kappa shape index (κ2) is 5.42. The molecule has 1 radical (unpaired) electrons. The van der Waals surface area contributed by atoms with Gasteiger partial charge in [-0.1, -0.05) is 29.3 Å². The summed E-state index contributed by atoms with van der Waals surface area (Å²) >= 11 is 12.0. The Morgan fingerprint density at radius 2 is 1.89 bits per heavy atom. The normalized spacial score (nSPS) is 15.3. The average Bonchev–Trinajstić information content (AvgIpc) is 2.34. The summed E-state index contributed by atoms with van der Waals surface area (Å²) < 4.78 is 5.52. The van der Waals surface area contributed by atoms with E-state index in [-0.39, 0.29) is 5.69 Å². The third-order valence-electron chi connectivity index (χ3n) is 2.29. The molecule has 0 atom stereocenters. The van der Waals surface area contributed by atoms with Crippen LogP contribution >= 0.6 is 23.2 Å². The van der Waals surface area contributed by atoms with Crippen molar-refractivity contribution < 1.29 is 9.66 Å². The van der Waals surface area contributed by atoms with Crippen LogP contribution < -0.4 is 4.74 Å². The molecule has 0 fully saturated rings. The molecule has 2 rings (SSSR count). The number of benzene rings is 1. The summed E-state index contributed by atoms with van der Waals surface area (Å²) in [6, 6.07) is 5.71. The molecule has 0 aliphatic heterocycles. The maximum Gasteiger partial charge on any atom is 0.269 e. The van der Waals surface area contributed by atoms with Crippen molar-refractivity contribution in [2.45, 2.75) is 6.42 Å². The molecule has 1 aromatic carbocycles. The number of non-ortho nitro benzene ring substituents is 1. The molecule has 93 valence electrons. The van der Waals surface area contributed by atoms with E-state index in [1.54, 1.807) is 6.08 Å². The first-order chi connectivity index (χ1) is 8.58. The fourth-order valence-electron chi connectivity index (χ4n) is 1.42. The molecule has 1 aliphatic rings. The van der Waals surface area contributed by atoms with Crippen LogP contribution in [0.15, 0.2) is 46.2 Å². The first-order valence-corrected chi connectivity index (χ1v) is 5.84. The summed E-state index contributed by atoms with van der Waals surface area (Å²) in [6.45, 7) is 0. The van der Waals surface area contributed by atoms with E-state index in [9.17, 15) is 10.1 Å². The summed E-state index contributed by atoms with van der Waals surface area (Å²) in [7, 11) is 0. The van der Waals surface area contributed by atoms with Gasteiger partial charge >= 0.3 is 0 Å². The number of nitro groups is 1. The molecule has 0 aromatic heterocycles. The highest BCUT2D eigenvalue weighted by atomic mass is 35.5. The monoisotopic (exact) mass is 284 g/mol. The lowest BCUT2D eigenvalue weighted by Crippen LogP contribution is -2.02. The van der Waals surface area contributed by atoms with Gasteiger partial charge in [-0.15, -0.1) is 0 Å². The van der Waals surface area contributed by atoms with Crippen molar-refractivity contribution in [1.82, 2.24) is 0 Å². The maximum atomic E-state index is 10.5. The molecule has 0 N–H and O–H groups in total. The number of ether oxygens (including phenoxy) is 1. The number of hydrogen-bond acceptors (Lipinski definition) is 3. The molecule has 0 spiro atoms. The quantitative estimate of drug-likeness (QED) is 0.619. The van der Waals surface area contributed by atoms with Crippen molar-refractivity contribution in [2.24, 2.45) is 0 Å². The standard InChI is InChI=1S/C12H8Cl2NO3/c13-10-2-1-3-11(14)12(10)18-9-6-4-8(5-7-9)15(16)17/h1-2,4-7H,3H2. The zero-order valence-corrected chi connectivity index (χ0v) is 10.6. The highest BCUT2D eigenvalue weighted by Crippen LogP contribution is 2.32.